The Labute approximate surface area is 163 Å². The second-order valence-electron chi connectivity index (χ2n) is 7.98. The van der Waals surface area contributed by atoms with E-state index in [1.165, 1.54) is 12.1 Å². The van der Waals surface area contributed by atoms with Crippen LogP contribution in [-0.2, 0) is 11.8 Å². The number of rotatable bonds is 5. The molecule has 2 heterocycles. The molecule has 1 aromatic carbocycles. The van der Waals surface area contributed by atoms with Crippen molar-refractivity contribution >= 4 is 5.91 Å². The maximum atomic E-state index is 13.1. The van der Waals surface area contributed by atoms with Crippen LogP contribution in [0.2, 0.25) is 0 Å². The van der Waals surface area contributed by atoms with Gasteiger partial charge in [0, 0.05) is 25.5 Å². The molecule has 0 aliphatic carbocycles. The molecule has 0 bridgehead atoms. The van der Waals surface area contributed by atoms with Gasteiger partial charge in [0.05, 0.1) is 6.04 Å². The number of hydrogen-bond donors (Lipinski definition) is 0. The van der Waals surface area contributed by atoms with Crippen molar-refractivity contribution in [3.05, 3.63) is 53.3 Å². The summed E-state index contributed by atoms with van der Waals surface area (Å²) in [5.41, 5.74) is 3.52. The van der Waals surface area contributed by atoms with Crippen molar-refractivity contribution in [2.75, 3.05) is 13.2 Å². The summed E-state index contributed by atoms with van der Waals surface area (Å²) in [6.07, 6.45) is 6.48. The minimum atomic E-state index is 0.0827. The molecule has 1 atom stereocenters. The molecule has 27 heavy (non-hydrogen) atoms. The zero-order valence-corrected chi connectivity index (χ0v) is 17.1. The molecule has 4 nitrogen and oxygen atoms in total. The topological polar surface area (TPSA) is 34.5 Å². The smallest absolute Gasteiger partial charge is 0.261 e. The Bertz CT molecular complexity index is 778. The first-order valence-corrected chi connectivity index (χ1v) is 10.1. The minimum absolute atomic E-state index is 0.0827. The number of likely N-dealkylation sites (tertiary alicyclic amines) is 1. The van der Waals surface area contributed by atoms with Crippen molar-refractivity contribution in [1.29, 1.82) is 0 Å². The van der Waals surface area contributed by atoms with Gasteiger partial charge in [-0.05, 0) is 55.0 Å². The van der Waals surface area contributed by atoms with Crippen LogP contribution in [0.15, 0.2) is 36.5 Å². The number of hydrogen-bond acceptors (Lipinski definition) is 2. The van der Waals surface area contributed by atoms with Crippen LogP contribution in [0.3, 0.4) is 0 Å². The SMILES string of the molecule is Cc1ccc(C(C)C)c(OCC(=O)N2CCCCC[C@@H]2c2cccn2C)c1. The first-order valence-electron chi connectivity index (χ1n) is 10.1. The fraction of sp³-hybridized carbons (Fsp3) is 0.522. The summed E-state index contributed by atoms with van der Waals surface area (Å²) < 4.78 is 8.17. The highest BCUT2D eigenvalue weighted by Gasteiger charge is 2.28. The van der Waals surface area contributed by atoms with Gasteiger partial charge in [0.2, 0.25) is 0 Å². The van der Waals surface area contributed by atoms with Crippen molar-refractivity contribution in [2.45, 2.75) is 58.4 Å². The van der Waals surface area contributed by atoms with Crippen molar-refractivity contribution in [1.82, 2.24) is 9.47 Å². The second kappa shape index (κ2) is 8.64. The molecule has 1 aliphatic heterocycles. The maximum absolute atomic E-state index is 13.1. The van der Waals surface area contributed by atoms with Gasteiger partial charge in [-0.25, -0.2) is 0 Å². The predicted octanol–water partition coefficient (Wildman–Crippen LogP) is 4.98. The van der Waals surface area contributed by atoms with Crippen LogP contribution in [0.4, 0.5) is 0 Å². The fourth-order valence-corrected chi connectivity index (χ4v) is 4.00. The molecule has 0 N–H and O–H groups in total. The molecule has 0 radical (unpaired) electrons. The molecule has 0 unspecified atom stereocenters. The normalized spacial score (nSPS) is 17.8. The maximum Gasteiger partial charge on any atom is 0.261 e. The zero-order chi connectivity index (χ0) is 19.4. The Hall–Kier alpha value is -2.23. The molecule has 0 spiro atoms. The lowest BCUT2D eigenvalue weighted by atomic mass is 10.0. The molecule has 146 valence electrons. The van der Waals surface area contributed by atoms with E-state index in [1.807, 2.05) is 11.0 Å². The minimum Gasteiger partial charge on any atom is -0.483 e. The van der Waals surface area contributed by atoms with E-state index in [-0.39, 0.29) is 18.6 Å². The number of aromatic nitrogens is 1. The van der Waals surface area contributed by atoms with E-state index in [1.54, 1.807) is 0 Å². The molecule has 4 heteroatoms. The highest BCUT2D eigenvalue weighted by molar-refractivity contribution is 5.78. The lowest BCUT2D eigenvalue weighted by Gasteiger charge is -2.30. The zero-order valence-electron chi connectivity index (χ0n) is 17.1. The van der Waals surface area contributed by atoms with Gasteiger partial charge in [-0.3, -0.25) is 4.79 Å². The van der Waals surface area contributed by atoms with E-state index in [0.717, 1.165) is 42.7 Å². The van der Waals surface area contributed by atoms with Crippen LogP contribution in [0.5, 0.6) is 5.75 Å². The highest BCUT2D eigenvalue weighted by atomic mass is 16.5. The van der Waals surface area contributed by atoms with Gasteiger partial charge in [-0.15, -0.1) is 0 Å². The lowest BCUT2D eigenvalue weighted by molar-refractivity contribution is -0.136. The molecule has 3 rings (SSSR count). The standard InChI is InChI=1S/C23H32N2O2/c1-17(2)19-12-11-18(3)15-22(19)27-16-23(26)25-14-7-5-6-9-21(25)20-10-8-13-24(20)4/h8,10-13,15,17,21H,5-7,9,14,16H2,1-4H3/t21-/m1/s1. The molecule has 1 saturated heterocycles. The Balaban J connectivity index is 1.76. The molecule has 0 saturated carbocycles. The van der Waals surface area contributed by atoms with Crippen molar-refractivity contribution in [3.63, 3.8) is 0 Å². The van der Waals surface area contributed by atoms with Gasteiger partial charge in [0.25, 0.3) is 5.91 Å². The number of ether oxygens (including phenoxy) is 1. The van der Waals surface area contributed by atoms with Crippen LogP contribution < -0.4 is 4.74 Å². The van der Waals surface area contributed by atoms with Crippen LogP contribution in [0, 0.1) is 6.92 Å². The molecule has 1 aliphatic rings. The third-order valence-corrected chi connectivity index (χ3v) is 5.54. The number of nitrogens with zero attached hydrogens (tertiary/aromatic N) is 2. The van der Waals surface area contributed by atoms with Gasteiger partial charge in [-0.1, -0.05) is 38.8 Å². The first-order chi connectivity index (χ1) is 13.0. The molecule has 1 aromatic heterocycles. The fourth-order valence-electron chi connectivity index (χ4n) is 4.00. The summed E-state index contributed by atoms with van der Waals surface area (Å²) >= 11 is 0. The molecular weight excluding hydrogens is 336 g/mol. The molecule has 1 amide bonds. The van der Waals surface area contributed by atoms with Gasteiger partial charge < -0.3 is 14.2 Å². The van der Waals surface area contributed by atoms with Crippen LogP contribution in [0.25, 0.3) is 0 Å². The van der Waals surface area contributed by atoms with Gasteiger partial charge in [0.15, 0.2) is 6.61 Å². The Morgan fingerprint density at radius 3 is 2.74 bits per heavy atom. The molecular formula is C23H32N2O2. The van der Waals surface area contributed by atoms with Crippen LogP contribution >= 0.6 is 0 Å². The number of benzene rings is 1. The average molecular weight is 369 g/mol. The van der Waals surface area contributed by atoms with Crippen LogP contribution in [0.1, 0.15) is 68.3 Å². The summed E-state index contributed by atoms with van der Waals surface area (Å²) in [4.78, 5) is 15.1. The van der Waals surface area contributed by atoms with E-state index >= 15 is 0 Å². The average Bonchev–Trinajstić information content (AvgIpc) is 2.91. The highest BCUT2D eigenvalue weighted by Crippen LogP contribution is 2.31. The van der Waals surface area contributed by atoms with Gasteiger partial charge in [0.1, 0.15) is 5.75 Å². The summed E-state index contributed by atoms with van der Waals surface area (Å²) in [7, 11) is 2.06. The van der Waals surface area contributed by atoms with Crippen LogP contribution in [-0.4, -0.2) is 28.5 Å². The third kappa shape index (κ3) is 4.55. The van der Waals surface area contributed by atoms with Crippen molar-refractivity contribution < 1.29 is 9.53 Å². The summed E-state index contributed by atoms with van der Waals surface area (Å²) in [5.74, 6) is 1.29. The first kappa shape index (κ1) is 19.5. The Kier molecular flexibility index (Phi) is 6.25. The monoisotopic (exact) mass is 368 g/mol. The van der Waals surface area contributed by atoms with E-state index < -0.39 is 0 Å². The van der Waals surface area contributed by atoms with Gasteiger partial charge >= 0.3 is 0 Å². The van der Waals surface area contributed by atoms with E-state index in [0.29, 0.717) is 5.92 Å². The quantitative estimate of drug-likeness (QED) is 0.746. The summed E-state index contributed by atoms with van der Waals surface area (Å²) in [6.45, 7) is 7.27. The lowest BCUT2D eigenvalue weighted by Crippen LogP contribution is -2.38. The second-order valence-corrected chi connectivity index (χ2v) is 7.98. The predicted molar refractivity (Wildman–Crippen MR) is 109 cm³/mol. The number of amides is 1. The van der Waals surface area contributed by atoms with Crippen molar-refractivity contribution in [3.8, 4) is 5.75 Å². The number of aryl methyl sites for hydroxylation is 2. The Morgan fingerprint density at radius 2 is 2.04 bits per heavy atom. The van der Waals surface area contributed by atoms with E-state index in [9.17, 15) is 4.79 Å². The third-order valence-electron chi connectivity index (χ3n) is 5.54. The van der Waals surface area contributed by atoms with Crippen molar-refractivity contribution in [2.24, 2.45) is 7.05 Å². The number of carbonyl (C=O) groups is 1. The number of carbonyl (C=O) groups excluding carboxylic acids is 1. The van der Waals surface area contributed by atoms with E-state index in [2.05, 4.69) is 62.8 Å². The largest absolute Gasteiger partial charge is 0.483 e. The summed E-state index contributed by atoms with van der Waals surface area (Å²) in [6, 6.07) is 10.6. The van der Waals surface area contributed by atoms with E-state index in [4.69, 9.17) is 4.74 Å². The van der Waals surface area contributed by atoms with Gasteiger partial charge in [-0.2, -0.15) is 0 Å². The Morgan fingerprint density at radius 1 is 1.22 bits per heavy atom. The molecule has 1 fully saturated rings. The molecule has 2 aromatic rings. The summed E-state index contributed by atoms with van der Waals surface area (Å²) in [5, 5.41) is 0.